The second-order valence-electron chi connectivity index (χ2n) is 6.75. The van der Waals surface area contributed by atoms with Gasteiger partial charge in [0.15, 0.2) is 5.78 Å². The quantitative estimate of drug-likeness (QED) is 0.871. The number of benzene rings is 1. The highest BCUT2D eigenvalue weighted by molar-refractivity contribution is 6.04. The third kappa shape index (κ3) is 2.65. The molecule has 0 radical (unpaired) electrons. The van der Waals surface area contributed by atoms with E-state index in [1.54, 1.807) is 6.92 Å². The molecule has 1 aromatic carbocycles. The van der Waals surface area contributed by atoms with Gasteiger partial charge in [0.05, 0.1) is 12.1 Å². The first-order valence-electron chi connectivity index (χ1n) is 8.02. The van der Waals surface area contributed by atoms with Crippen LogP contribution in [0.5, 0.6) is 0 Å². The van der Waals surface area contributed by atoms with E-state index in [2.05, 4.69) is 5.32 Å². The molecule has 0 saturated carbocycles. The van der Waals surface area contributed by atoms with Crippen molar-refractivity contribution in [2.75, 3.05) is 20.1 Å². The molecular weight excluding hydrogens is 304 g/mol. The van der Waals surface area contributed by atoms with Crippen molar-refractivity contribution in [3.63, 3.8) is 0 Å². The average Bonchev–Trinajstić information content (AvgIpc) is 2.47. The van der Waals surface area contributed by atoms with Gasteiger partial charge >= 0.3 is 5.97 Å². The second kappa shape index (κ2) is 5.91. The van der Waals surface area contributed by atoms with E-state index in [1.165, 1.54) is 0 Å². The molecule has 0 bridgehead atoms. The molecule has 0 aliphatic carbocycles. The number of Topliss-reactive ketones (excluding diaryl/α,β-unsaturated/α-hetero) is 1. The minimum absolute atomic E-state index is 0.0107. The standard InChI is InChI=1S/C19H22N2O3/c1-10-5-6-11(2)13(7-10)17-16(19(23)24)12(3)20-14-8-21(4)9-15(22)18(14)17/h5-7,17,20H,8-9H2,1-4H3,(H,23,24). The molecule has 1 aromatic rings. The number of carbonyl (C=O) groups excluding carboxylic acids is 1. The maximum absolute atomic E-state index is 12.7. The summed E-state index contributed by atoms with van der Waals surface area (Å²) in [6.07, 6.45) is 0. The van der Waals surface area contributed by atoms with Crippen LogP contribution in [0.4, 0.5) is 0 Å². The Balaban J connectivity index is 2.26. The number of rotatable bonds is 2. The first-order chi connectivity index (χ1) is 11.3. The lowest BCUT2D eigenvalue weighted by Crippen LogP contribution is -2.44. The van der Waals surface area contributed by atoms with Crippen molar-refractivity contribution in [1.29, 1.82) is 0 Å². The number of carbonyl (C=O) groups is 2. The molecule has 1 atom stereocenters. The van der Waals surface area contributed by atoms with Crippen LogP contribution in [-0.2, 0) is 9.59 Å². The summed E-state index contributed by atoms with van der Waals surface area (Å²) in [5, 5.41) is 12.9. The summed E-state index contributed by atoms with van der Waals surface area (Å²) in [5.41, 5.74) is 5.25. The molecule has 0 amide bonds. The van der Waals surface area contributed by atoms with Crippen LogP contribution in [0.25, 0.3) is 0 Å². The smallest absolute Gasteiger partial charge is 0.334 e. The Labute approximate surface area is 141 Å². The molecule has 5 nitrogen and oxygen atoms in total. The molecule has 24 heavy (non-hydrogen) atoms. The summed E-state index contributed by atoms with van der Waals surface area (Å²) >= 11 is 0. The van der Waals surface area contributed by atoms with E-state index in [1.807, 2.05) is 44.0 Å². The van der Waals surface area contributed by atoms with E-state index in [-0.39, 0.29) is 11.4 Å². The Kier molecular flexibility index (Phi) is 4.05. The molecule has 3 rings (SSSR count). The number of allylic oxidation sites excluding steroid dienone is 1. The largest absolute Gasteiger partial charge is 0.478 e. The van der Waals surface area contributed by atoms with Crippen molar-refractivity contribution >= 4 is 11.8 Å². The van der Waals surface area contributed by atoms with Crippen molar-refractivity contribution in [2.45, 2.75) is 26.7 Å². The lowest BCUT2D eigenvalue weighted by atomic mass is 9.76. The van der Waals surface area contributed by atoms with Crippen LogP contribution in [0, 0.1) is 13.8 Å². The number of nitrogens with one attached hydrogen (secondary N) is 1. The molecule has 5 heteroatoms. The predicted molar refractivity (Wildman–Crippen MR) is 91.7 cm³/mol. The topological polar surface area (TPSA) is 69.6 Å². The van der Waals surface area contributed by atoms with Crippen LogP contribution in [-0.4, -0.2) is 41.9 Å². The first kappa shape index (κ1) is 16.5. The van der Waals surface area contributed by atoms with Crippen LogP contribution in [0.2, 0.25) is 0 Å². The van der Waals surface area contributed by atoms with Gasteiger partial charge in [0.1, 0.15) is 0 Å². The Morgan fingerprint density at radius 1 is 1.25 bits per heavy atom. The fourth-order valence-electron chi connectivity index (χ4n) is 3.67. The van der Waals surface area contributed by atoms with Gasteiger partial charge in [-0.25, -0.2) is 4.79 Å². The van der Waals surface area contributed by atoms with E-state index >= 15 is 0 Å². The number of carboxylic acids is 1. The van der Waals surface area contributed by atoms with Gasteiger partial charge in [-0.1, -0.05) is 23.8 Å². The zero-order valence-electron chi connectivity index (χ0n) is 14.4. The van der Waals surface area contributed by atoms with Crippen LogP contribution >= 0.6 is 0 Å². The normalized spacial score (nSPS) is 21.7. The Bertz CT molecular complexity index is 805. The molecule has 0 spiro atoms. The number of aliphatic carboxylic acids is 1. The van der Waals surface area contributed by atoms with E-state index in [0.29, 0.717) is 24.4 Å². The highest BCUT2D eigenvalue weighted by atomic mass is 16.4. The van der Waals surface area contributed by atoms with Gasteiger partial charge in [0, 0.05) is 29.4 Å². The van der Waals surface area contributed by atoms with Gasteiger partial charge < -0.3 is 10.4 Å². The summed E-state index contributed by atoms with van der Waals surface area (Å²) in [6.45, 7) is 6.64. The van der Waals surface area contributed by atoms with Crippen molar-refractivity contribution in [3.8, 4) is 0 Å². The van der Waals surface area contributed by atoms with Gasteiger partial charge in [-0.05, 0) is 38.9 Å². The van der Waals surface area contributed by atoms with Crippen molar-refractivity contribution < 1.29 is 14.7 Å². The van der Waals surface area contributed by atoms with E-state index < -0.39 is 11.9 Å². The SMILES string of the molecule is CC1=C(C(=O)O)C(c2cc(C)ccc2C)C2=C(CN(C)CC2=O)N1. The molecule has 0 saturated heterocycles. The summed E-state index contributed by atoms with van der Waals surface area (Å²) in [4.78, 5) is 26.6. The Morgan fingerprint density at radius 3 is 2.62 bits per heavy atom. The highest BCUT2D eigenvalue weighted by Crippen LogP contribution is 2.41. The number of dihydropyridines is 1. The fraction of sp³-hybridized carbons (Fsp3) is 0.368. The Hall–Kier alpha value is -2.40. The highest BCUT2D eigenvalue weighted by Gasteiger charge is 2.40. The zero-order valence-corrected chi connectivity index (χ0v) is 14.4. The average molecular weight is 326 g/mol. The molecular formula is C19H22N2O3. The van der Waals surface area contributed by atoms with E-state index in [9.17, 15) is 14.7 Å². The van der Waals surface area contributed by atoms with Crippen LogP contribution in [0.1, 0.15) is 29.5 Å². The number of ketones is 1. The second-order valence-corrected chi connectivity index (χ2v) is 6.75. The number of carboxylic acid groups (broad SMARTS) is 1. The van der Waals surface area contributed by atoms with Gasteiger partial charge in [-0.2, -0.15) is 0 Å². The van der Waals surface area contributed by atoms with Crippen LogP contribution in [0.15, 0.2) is 40.7 Å². The van der Waals surface area contributed by atoms with Gasteiger partial charge in [0.25, 0.3) is 0 Å². The molecule has 2 aliphatic heterocycles. The lowest BCUT2D eigenvalue weighted by Gasteiger charge is -2.36. The minimum atomic E-state index is -0.982. The summed E-state index contributed by atoms with van der Waals surface area (Å²) in [6, 6.07) is 5.99. The third-order valence-corrected chi connectivity index (χ3v) is 4.76. The van der Waals surface area contributed by atoms with Crippen molar-refractivity contribution in [2.24, 2.45) is 0 Å². The van der Waals surface area contributed by atoms with Crippen LogP contribution in [0.3, 0.4) is 0 Å². The monoisotopic (exact) mass is 326 g/mol. The molecule has 1 unspecified atom stereocenters. The summed E-state index contributed by atoms with van der Waals surface area (Å²) < 4.78 is 0. The van der Waals surface area contributed by atoms with Crippen molar-refractivity contribution in [3.05, 3.63) is 57.4 Å². The minimum Gasteiger partial charge on any atom is -0.478 e. The number of nitrogens with zero attached hydrogens (tertiary/aromatic N) is 1. The molecule has 2 N–H and O–H groups in total. The van der Waals surface area contributed by atoms with Gasteiger partial charge in [-0.15, -0.1) is 0 Å². The van der Waals surface area contributed by atoms with E-state index in [0.717, 1.165) is 22.4 Å². The molecule has 2 heterocycles. The number of hydrogen-bond acceptors (Lipinski definition) is 4. The molecule has 126 valence electrons. The zero-order chi connectivity index (χ0) is 17.6. The van der Waals surface area contributed by atoms with Crippen molar-refractivity contribution in [1.82, 2.24) is 10.2 Å². The van der Waals surface area contributed by atoms with Gasteiger partial charge in [-0.3, -0.25) is 9.69 Å². The first-order valence-corrected chi connectivity index (χ1v) is 8.02. The molecule has 2 aliphatic rings. The number of hydrogen-bond donors (Lipinski definition) is 2. The fourth-order valence-corrected chi connectivity index (χ4v) is 3.67. The maximum atomic E-state index is 12.7. The maximum Gasteiger partial charge on any atom is 0.334 e. The molecule has 0 fully saturated rings. The van der Waals surface area contributed by atoms with E-state index in [4.69, 9.17) is 0 Å². The molecule has 0 aromatic heterocycles. The summed E-state index contributed by atoms with van der Waals surface area (Å²) in [5.74, 6) is -1.51. The number of likely N-dealkylation sites (N-methyl/N-ethyl adjacent to an activating group) is 1. The van der Waals surface area contributed by atoms with Gasteiger partial charge in [0.2, 0.25) is 0 Å². The van der Waals surface area contributed by atoms with Crippen LogP contribution < -0.4 is 5.32 Å². The Morgan fingerprint density at radius 2 is 1.96 bits per heavy atom. The predicted octanol–water partition coefficient (Wildman–Crippen LogP) is 2.12. The third-order valence-electron chi connectivity index (χ3n) is 4.76. The lowest BCUT2D eigenvalue weighted by molar-refractivity contribution is -0.133. The number of aryl methyl sites for hydroxylation is 2. The summed E-state index contributed by atoms with van der Waals surface area (Å²) in [7, 11) is 1.89.